The fourth-order valence-corrected chi connectivity index (χ4v) is 3.04. The molecule has 1 aromatic carbocycles. The lowest BCUT2D eigenvalue weighted by Gasteiger charge is -2.32. The summed E-state index contributed by atoms with van der Waals surface area (Å²) >= 11 is 17.9. The molecule has 2 aromatic rings. The third-order valence-corrected chi connectivity index (χ3v) is 4.26. The molecule has 0 fully saturated rings. The van der Waals surface area contributed by atoms with Crippen LogP contribution in [0.1, 0.15) is 44.9 Å². The highest BCUT2D eigenvalue weighted by Crippen LogP contribution is 2.27. The van der Waals surface area contributed by atoms with Crippen molar-refractivity contribution in [3.05, 3.63) is 62.9 Å². The molecule has 1 heterocycles. The number of pyridine rings is 1. The van der Waals surface area contributed by atoms with Crippen LogP contribution in [0, 0.1) is 0 Å². The summed E-state index contributed by atoms with van der Waals surface area (Å²) in [6.45, 7) is 7.70. The van der Waals surface area contributed by atoms with Gasteiger partial charge in [0.05, 0.1) is 6.04 Å². The van der Waals surface area contributed by atoms with E-state index < -0.39 is 11.7 Å². The summed E-state index contributed by atoms with van der Waals surface area (Å²) in [5.41, 5.74) is 1.09. The molecule has 1 atom stereocenters. The second kappa shape index (κ2) is 8.47. The monoisotopic (exact) mass is 414 g/mol. The zero-order valence-corrected chi connectivity index (χ0v) is 17.4. The molecule has 0 radical (unpaired) electrons. The second-order valence-corrected chi connectivity index (χ2v) is 8.17. The summed E-state index contributed by atoms with van der Waals surface area (Å²) in [4.78, 5) is 18.4. The maximum atomic E-state index is 12.8. The lowest BCUT2D eigenvalue weighted by molar-refractivity contribution is 0.0153. The number of amides is 1. The van der Waals surface area contributed by atoms with Gasteiger partial charge in [-0.25, -0.2) is 9.78 Å². The van der Waals surface area contributed by atoms with Gasteiger partial charge in [-0.2, -0.15) is 0 Å². The summed E-state index contributed by atoms with van der Waals surface area (Å²) in [7, 11) is 0. The standard InChI is InChI=1S/C19H21Cl3N2O2/c1-12(14-5-7-15(20)8-6-14)24(18(25)26-19(2,3)4)11-13-9-16(21)23-17(22)10-13/h5-10,12H,11H2,1-4H3. The van der Waals surface area contributed by atoms with Crippen molar-refractivity contribution in [2.24, 2.45) is 0 Å². The van der Waals surface area contributed by atoms with Crippen LogP contribution in [-0.4, -0.2) is 21.6 Å². The fraction of sp³-hybridized carbons (Fsp3) is 0.368. The number of rotatable bonds is 4. The number of carbonyl (C=O) groups is 1. The normalized spacial score (nSPS) is 12.6. The third kappa shape index (κ3) is 6.04. The zero-order valence-electron chi connectivity index (χ0n) is 15.1. The summed E-state index contributed by atoms with van der Waals surface area (Å²) in [6, 6.07) is 10.5. The zero-order chi connectivity index (χ0) is 19.5. The van der Waals surface area contributed by atoms with Crippen LogP contribution in [0.5, 0.6) is 0 Å². The molecule has 1 unspecified atom stereocenters. The number of hydrogen-bond acceptors (Lipinski definition) is 3. The highest BCUT2D eigenvalue weighted by atomic mass is 35.5. The molecule has 26 heavy (non-hydrogen) atoms. The van der Waals surface area contributed by atoms with Crippen LogP contribution in [0.15, 0.2) is 36.4 Å². The minimum absolute atomic E-state index is 0.243. The van der Waals surface area contributed by atoms with Crippen LogP contribution in [0.4, 0.5) is 4.79 Å². The van der Waals surface area contributed by atoms with Gasteiger partial charge >= 0.3 is 6.09 Å². The average Bonchev–Trinajstić information content (AvgIpc) is 2.50. The highest BCUT2D eigenvalue weighted by Gasteiger charge is 2.27. The summed E-state index contributed by atoms with van der Waals surface area (Å²) in [5.74, 6) is 0. The maximum Gasteiger partial charge on any atom is 0.411 e. The molecule has 0 aliphatic rings. The molecular formula is C19H21Cl3N2O2. The highest BCUT2D eigenvalue weighted by molar-refractivity contribution is 6.32. The molecule has 7 heteroatoms. The molecule has 2 rings (SSSR count). The number of aromatic nitrogens is 1. The molecule has 1 amide bonds. The molecular weight excluding hydrogens is 395 g/mol. The first kappa shape index (κ1) is 20.8. The van der Waals surface area contributed by atoms with Gasteiger partial charge in [-0.3, -0.25) is 4.90 Å². The Morgan fingerprint density at radius 1 is 1.12 bits per heavy atom. The van der Waals surface area contributed by atoms with Gasteiger partial charge in [0, 0.05) is 11.6 Å². The van der Waals surface area contributed by atoms with E-state index in [4.69, 9.17) is 39.5 Å². The van der Waals surface area contributed by atoms with Gasteiger partial charge in [0.15, 0.2) is 0 Å². The first-order valence-electron chi connectivity index (χ1n) is 8.12. The molecule has 0 saturated heterocycles. The van der Waals surface area contributed by atoms with Crippen LogP contribution < -0.4 is 0 Å². The van der Waals surface area contributed by atoms with Crippen LogP contribution in [-0.2, 0) is 11.3 Å². The van der Waals surface area contributed by atoms with Crippen molar-refractivity contribution < 1.29 is 9.53 Å². The van der Waals surface area contributed by atoms with Gasteiger partial charge < -0.3 is 4.74 Å². The molecule has 4 nitrogen and oxygen atoms in total. The Bertz CT molecular complexity index is 753. The van der Waals surface area contributed by atoms with E-state index >= 15 is 0 Å². The number of halogens is 3. The predicted molar refractivity (Wildman–Crippen MR) is 106 cm³/mol. The molecule has 0 saturated carbocycles. The smallest absolute Gasteiger partial charge is 0.411 e. The van der Waals surface area contributed by atoms with E-state index in [0.29, 0.717) is 5.02 Å². The Hall–Kier alpha value is -1.49. The Labute approximate surface area is 169 Å². The van der Waals surface area contributed by atoms with Crippen LogP contribution in [0.3, 0.4) is 0 Å². The first-order chi connectivity index (χ1) is 12.0. The van der Waals surface area contributed by atoms with Crippen molar-refractivity contribution >= 4 is 40.9 Å². The Morgan fingerprint density at radius 2 is 1.65 bits per heavy atom. The minimum atomic E-state index is -0.609. The molecule has 0 N–H and O–H groups in total. The Morgan fingerprint density at radius 3 is 2.15 bits per heavy atom. The van der Waals surface area contributed by atoms with Gasteiger partial charge in [0.25, 0.3) is 0 Å². The summed E-state index contributed by atoms with van der Waals surface area (Å²) in [6.07, 6.45) is -0.427. The lowest BCUT2D eigenvalue weighted by Crippen LogP contribution is -2.38. The number of nitrogens with zero attached hydrogens (tertiary/aromatic N) is 2. The molecule has 1 aromatic heterocycles. The molecule has 0 bridgehead atoms. The SMILES string of the molecule is CC(c1ccc(Cl)cc1)N(Cc1cc(Cl)nc(Cl)c1)C(=O)OC(C)(C)C. The molecule has 0 aliphatic carbocycles. The van der Waals surface area contributed by atoms with Crippen molar-refractivity contribution in [1.82, 2.24) is 9.88 Å². The quantitative estimate of drug-likeness (QED) is 0.532. The van der Waals surface area contributed by atoms with E-state index in [1.54, 1.807) is 29.2 Å². The number of ether oxygens (including phenoxy) is 1. The van der Waals surface area contributed by atoms with Crippen molar-refractivity contribution in [2.45, 2.75) is 45.9 Å². The van der Waals surface area contributed by atoms with E-state index in [2.05, 4.69) is 4.98 Å². The minimum Gasteiger partial charge on any atom is -0.444 e. The largest absolute Gasteiger partial charge is 0.444 e. The Kier molecular flexibility index (Phi) is 6.78. The van der Waals surface area contributed by atoms with E-state index in [0.717, 1.165) is 11.1 Å². The van der Waals surface area contributed by atoms with Gasteiger partial charge in [-0.1, -0.05) is 46.9 Å². The van der Waals surface area contributed by atoms with Crippen LogP contribution in [0.2, 0.25) is 15.3 Å². The second-order valence-electron chi connectivity index (χ2n) is 6.96. The predicted octanol–water partition coefficient (Wildman–Crippen LogP) is 6.54. The third-order valence-electron chi connectivity index (χ3n) is 3.62. The van der Waals surface area contributed by atoms with Gasteiger partial charge in [-0.05, 0) is 63.1 Å². The maximum absolute atomic E-state index is 12.8. The number of benzene rings is 1. The van der Waals surface area contributed by atoms with Gasteiger partial charge in [0.2, 0.25) is 0 Å². The van der Waals surface area contributed by atoms with Gasteiger partial charge in [-0.15, -0.1) is 0 Å². The number of hydrogen-bond donors (Lipinski definition) is 0. The van der Waals surface area contributed by atoms with Crippen molar-refractivity contribution in [1.29, 1.82) is 0 Å². The van der Waals surface area contributed by atoms with Crippen molar-refractivity contribution in [3.63, 3.8) is 0 Å². The molecule has 0 aliphatic heterocycles. The van der Waals surface area contributed by atoms with Crippen LogP contribution in [0.25, 0.3) is 0 Å². The number of carbonyl (C=O) groups excluding carboxylic acids is 1. The topological polar surface area (TPSA) is 42.4 Å². The van der Waals surface area contributed by atoms with E-state index in [1.807, 2.05) is 39.8 Å². The van der Waals surface area contributed by atoms with Crippen LogP contribution >= 0.6 is 34.8 Å². The van der Waals surface area contributed by atoms with Crippen molar-refractivity contribution in [2.75, 3.05) is 0 Å². The lowest BCUT2D eigenvalue weighted by atomic mass is 10.1. The molecule has 0 spiro atoms. The van der Waals surface area contributed by atoms with Gasteiger partial charge in [0.1, 0.15) is 15.9 Å². The summed E-state index contributed by atoms with van der Waals surface area (Å²) < 4.78 is 5.58. The van der Waals surface area contributed by atoms with Crippen molar-refractivity contribution in [3.8, 4) is 0 Å². The fourth-order valence-electron chi connectivity index (χ4n) is 2.40. The molecule has 140 valence electrons. The van der Waals surface area contributed by atoms with E-state index in [1.165, 1.54) is 0 Å². The van der Waals surface area contributed by atoms with E-state index in [-0.39, 0.29) is 22.9 Å². The Balaban J connectivity index is 2.34. The van der Waals surface area contributed by atoms with E-state index in [9.17, 15) is 4.79 Å². The first-order valence-corrected chi connectivity index (χ1v) is 9.25. The summed E-state index contributed by atoms with van der Waals surface area (Å²) in [5, 5.41) is 1.18. The average molecular weight is 416 g/mol.